The lowest BCUT2D eigenvalue weighted by Gasteiger charge is -2.20. The quantitative estimate of drug-likeness (QED) is 0.498. The van der Waals surface area contributed by atoms with Gasteiger partial charge in [0.15, 0.2) is 0 Å². The number of rotatable bonds is 6. The first-order valence-corrected chi connectivity index (χ1v) is 11.7. The van der Waals surface area contributed by atoms with E-state index in [-0.39, 0.29) is 16.7 Å². The molecule has 9 heteroatoms. The van der Waals surface area contributed by atoms with E-state index in [2.05, 4.69) is 45.7 Å². The summed E-state index contributed by atoms with van der Waals surface area (Å²) in [4.78, 5) is 16.0. The summed E-state index contributed by atoms with van der Waals surface area (Å²) in [6, 6.07) is 11.0. The molecule has 1 aliphatic heterocycles. The molecule has 3 rings (SSSR count). The highest BCUT2D eigenvalue weighted by Crippen LogP contribution is 2.28. The Labute approximate surface area is 181 Å². The number of urea groups is 1. The van der Waals surface area contributed by atoms with Crippen LogP contribution in [0.15, 0.2) is 56.3 Å². The number of nitrogens with zero attached hydrogens (tertiary/aromatic N) is 2. The normalized spacial score (nSPS) is 14.8. The Kier molecular flexibility index (Phi) is 6.36. The molecule has 0 unspecified atom stereocenters. The third-order valence-corrected chi connectivity index (χ3v) is 6.34. The van der Waals surface area contributed by atoms with Gasteiger partial charge in [-0.25, -0.2) is 4.79 Å². The van der Waals surface area contributed by atoms with Gasteiger partial charge in [0, 0.05) is 34.3 Å². The molecule has 2 amide bonds. The molecule has 0 bridgehead atoms. The van der Waals surface area contributed by atoms with E-state index in [4.69, 9.17) is 4.18 Å². The zero-order valence-corrected chi connectivity index (χ0v) is 19.4. The fraction of sp³-hybridized carbons (Fsp3) is 0.316. The molecular weight excluding hydrogens is 512 g/mol. The zero-order valence-electron chi connectivity index (χ0n) is 15.4. The number of carbonyl (C=O) groups excluding carboxylic acids is 1. The van der Waals surface area contributed by atoms with Crippen molar-refractivity contribution >= 4 is 53.7 Å². The van der Waals surface area contributed by atoms with Crippen molar-refractivity contribution in [2.24, 2.45) is 5.92 Å². The summed E-state index contributed by atoms with van der Waals surface area (Å²) < 4.78 is 31.7. The van der Waals surface area contributed by atoms with Crippen molar-refractivity contribution in [1.29, 1.82) is 0 Å². The van der Waals surface area contributed by atoms with Gasteiger partial charge in [-0.2, -0.15) is 8.42 Å². The third-order valence-electron chi connectivity index (χ3n) is 4.16. The Bertz CT molecular complexity index is 958. The molecular formula is C19H20Br2N2O4S. The van der Waals surface area contributed by atoms with Crippen molar-refractivity contribution in [3.05, 3.63) is 51.4 Å². The highest BCUT2D eigenvalue weighted by Gasteiger charge is 2.30. The van der Waals surface area contributed by atoms with Crippen LogP contribution in [-0.4, -0.2) is 39.0 Å². The second kappa shape index (κ2) is 8.42. The minimum Gasteiger partial charge on any atom is -0.379 e. The Morgan fingerprint density at radius 1 is 1.04 bits per heavy atom. The van der Waals surface area contributed by atoms with E-state index in [1.165, 1.54) is 12.1 Å². The van der Waals surface area contributed by atoms with E-state index in [1.54, 1.807) is 35.2 Å². The molecule has 150 valence electrons. The minimum atomic E-state index is -3.98. The van der Waals surface area contributed by atoms with Crippen molar-refractivity contribution < 1.29 is 17.4 Å². The Balaban J connectivity index is 1.76. The lowest BCUT2D eigenvalue weighted by atomic mass is 10.2. The lowest BCUT2D eigenvalue weighted by Crippen LogP contribution is -2.34. The second-order valence-corrected chi connectivity index (χ2v) is 10.3. The molecule has 1 aliphatic rings. The molecule has 0 saturated carbocycles. The second-order valence-electron chi connectivity index (χ2n) is 6.91. The van der Waals surface area contributed by atoms with Crippen LogP contribution in [0.4, 0.5) is 10.5 Å². The Morgan fingerprint density at radius 3 is 2.21 bits per heavy atom. The first kappa shape index (κ1) is 21.1. The molecule has 2 aromatic rings. The molecule has 0 aliphatic carbocycles. The van der Waals surface area contributed by atoms with Crippen LogP contribution >= 0.6 is 31.9 Å². The van der Waals surface area contributed by atoms with E-state index in [9.17, 15) is 13.2 Å². The number of hydrogen-bond donors (Lipinski definition) is 0. The first-order valence-electron chi connectivity index (χ1n) is 8.73. The topological polar surface area (TPSA) is 66.9 Å². The van der Waals surface area contributed by atoms with Crippen molar-refractivity contribution in [2.45, 2.75) is 18.7 Å². The van der Waals surface area contributed by atoms with Crippen LogP contribution < -0.4 is 9.08 Å². The Morgan fingerprint density at radius 2 is 1.64 bits per heavy atom. The number of amides is 2. The maximum Gasteiger partial charge on any atom is 0.339 e. The first-order chi connectivity index (χ1) is 13.2. The fourth-order valence-corrected chi connectivity index (χ4v) is 5.14. The maximum atomic E-state index is 12.6. The van der Waals surface area contributed by atoms with Gasteiger partial charge >= 0.3 is 16.1 Å². The third kappa shape index (κ3) is 4.87. The van der Waals surface area contributed by atoms with Crippen LogP contribution in [0.5, 0.6) is 5.75 Å². The molecule has 0 spiro atoms. The van der Waals surface area contributed by atoms with Crippen LogP contribution in [0.25, 0.3) is 0 Å². The number of halogens is 2. The van der Waals surface area contributed by atoms with E-state index in [1.807, 2.05) is 4.90 Å². The maximum absolute atomic E-state index is 12.6. The predicted octanol–water partition coefficient (Wildman–Crippen LogP) is 4.88. The van der Waals surface area contributed by atoms with Gasteiger partial charge in [-0.3, -0.25) is 4.90 Å². The molecule has 6 nitrogen and oxygen atoms in total. The van der Waals surface area contributed by atoms with E-state index in [0.717, 1.165) is 0 Å². The predicted molar refractivity (Wildman–Crippen MR) is 115 cm³/mol. The molecule has 1 fully saturated rings. The summed E-state index contributed by atoms with van der Waals surface area (Å²) in [6.07, 6.45) is 0. The SMILES string of the molecule is CC(C)CN1CCN(c2ccc(S(=O)(=O)Oc3cc(Br)cc(Br)c3)cc2)C1=O. The lowest BCUT2D eigenvalue weighted by molar-refractivity contribution is 0.215. The fourth-order valence-electron chi connectivity index (χ4n) is 2.98. The van der Waals surface area contributed by atoms with E-state index >= 15 is 0 Å². The Hall–Kier alpha value is -1.58. The van der Waals surface area contributed by atoms with Crippen molar-refractivity contribution in [2.75, 3.05) is 24.5 Å². The number of benzene rings is 2. The number of hydrogen-bond acceptors (Lipinski definition) is 4. The van der Waals surface area contributed by atoms with Crippen molar-refractivity contribution in [1.82, 2.24) is 4.90 Å². The molecule has 0 N–H and O–H groups in total. The van der Waals surface area contributed by atoms with Crippen LogP contribution in [-0.2, 0) is 10.1 Å². The summed E-state index contributed by atoms with van der Waals surface area (Å²) in [7, 11) is -3.98. The number of anilines is 1. The summed E-state index contributed by atoms with van der Waals surface area (Å²) >= 11 is 6.61. The molecule has 1 saturated heterocycles. The number of carbonyl (C=O) groups is 1. The highest BCUT2D eigenvalue weighted by atomic mass is 79.9. The standard InChI is InChI=1S/C19H20Br2N2O4S/c1-13(2)12-22-7-8-23(19(22)24)16-3-5-18(6-4-16)28(25,26)27-17-10-14(20)9-15(21)11-17/h3-6,9-11,13H,7-8,12H2,1-2H3. The monoisotopic (exact) mass is 530 g/mol. The van der Waals surface area contributed by atoms with Crippen LogP contribution in [0.2, 0.25) is 0 Å². The minimum absolute atomic E-state index is 0.0260. The zero-order chi connectivity index (χ0) is 20.5. The summed E-state index contributed by atoms with van der Waals surface area (Å²) in [5, 5.41) is 0. The molecule has 0 atom stereocenters. The largest absolute Gasteiger partial charge is 0.379 e. The van der Waals surface area contributed by atoms with Crippen molar-refractivity contribution in [3.8, 4) is 5.75 Å². The van der Waals surface area contributed by atoms with Gasteiger partial charge in [-0.15, -0.1) is 0 Å². The van der Waals surface area contributed by atoms with Gasteiger partial charge in [0.25, 0.3) is 0 Å². The average molecular weight is 532 g/mol. The van der Waals surface area contributed by atoms with E-state index in [0.29, 0.717) is 40.2 Å². The molecule has 0 aromatic heterocycles. The van der Waals surface area contributed by atoms with E-state index < -0.39 is 10.1 Å². The van der Waals surface area contributed by atoms with Crippen LogP contribution in [0.1, 0.15) is 13.8 Å². The van der Waals surface area contributed by atoms with Crippen molar-refractivity contribution in [3.63, 3.8) is 0 Å². The summed E-state index contributed by atoms with van der Waals surface area (Å²) in [5.74, 6) is 0.594. The average Bonchev–Trinajstić information content (AvgIpc) is 2.94. The smallest absolute Gasteiger partial charge is 0.339 e. The van der Waals surface area contributed by atoms with Crippen LogP contribution in [0, 0.1) is 5.92 Å². The van der Waals surface area contributed by atoms with Crippen LogP contribution in [0.3, 0.4) is 0 Å². The van der Waals surface area contributed by atoms with Gasteiger partial charge in [-0.05, 0) is 48.4 Å². The highest BCUT2D eigenvalue weighted by molar-refractivity contribution is 9.11. The molecule has 1 heterocycles. The van der Waals surface area contributed by atoms with Gasteiger partial charge in [0.2, 0.25) is 0 Å². The van der Waals surface area contributed by atoms with Gasteiger partial charge in [0.05, 0.1) is 0 Å². The summed E-state index contributed by atoms with van der Waals surface area (Å²) in [6.45, 7) is 6.09. The summed E-state index contributed by atoms with van der Waals surface area (Å²) in [5.41, 5.74) is 0.667. The van der Waals surface area contributed by atoms with Gasteiger partial charge in [0.1, 0.15) is 10.6 Å². The molecule has 28 heavy (non-hydrogen) atoms. The molecule has 2 aromatic carbocycles. The molecule has 0 radical (unpaired) electrons. The van der Waals surface area contributed by atoms with Gasteiger partial charge in [-0.1, -0.05) is 45.7 Å². The van der Waals surface area contributed by atoms with Gasteiger partial charge < -0.3 is 9.08 Å².